The summed E-state index contributed by atoms with van der Waals surface area (Å²) in [4.78, 5) is 29.2. The maximum absolute atomic E-state index is 13.0. The molecule has 0 bridgehead atoms. The molecule has 1 saturated heterocycles. The van der Waals surface area contributed by atoms with E-state index in [1.54, 1.807) is 24.3 Å². The van der Waals surface area contributed by atoms with Gasteiger partial charge in [-0.15, -0.1) is 0 Å². The Bertz CT molecular complexity index is 1170. The highest BCUT2D eigenvalue weighted by Crippen LogP contribution is 2.44. The van der Waals surface area contributed by atoms with E-state index in [0.29, 0.717) is 16.0 Å². The first-order valence-corrected chi connectivity index (χ1v) is 12.0. The molecular formula is C26H29Cl2N3O2. The van der Waals surface area contributed by atoms with E-state index in [-0.39, 0.29) is 23.7 Å². The van der Waals surface area contributed by atoms with Crippen LogP contribution in [0.1, 0.15) is 62.3 Å². The summed E-state index contributed by atoms with van der Waals surface area (Å²) in [7, 11) is 0. The molecule has 2 aliphatic rings. The first-order valence-electron chi connectivity index (χ1n) is 11.2. The smallest absolute Gasteiger partial charge is 0.329 e. The Kier molecular flexibility index (Phi) is 6.23. The average molecular weight is 486 g/mol. The lowest BCUT2D eigenvalue weighted by atomic mass is 9.79. The topological polar surface area (TPSA) is 52.7 Å². The van der Waals surface area contributed by atoms with Gasteiger partial charge in [-0.25, -0.2) is 4.79 Å². The first-order chi connectivity index (χ1) is 15.5. The van der Waals surface area contributed by atoms with Crippen molar-refractivity contribution < 1.29 is 9.59 Å². The highest BCUT2D eigenvalue weighted by atomic mass is 35.5. The second-order valence-electron chi connectivity index (χ2n) is 9.56. The molecule has 0 spiro atoms. The number of aryl methyl sites for hydroxylation is 1. The fourth-order valence-corrected chi connectivity index (χ4v) is 5.42. The van der Waals surface area contributed by atoms with Gasteiger partial charge in [0, 0.05) is 17.8 Å². The van der Waals surface area contributed by atoms with Crippen molar-refractivity contribution >= 4 is 46.9 Å². The third-order valence-corrected chi connectivity index (χ3v) is 7.42. The molecule has 33 heavy (non-hydrogen) atoms. The Labute approximate surface area is 205 Å². The molecule has 2 aromatic carbocycles. The summed E-state index contributed by atoms with van der Waals surface area (Å²) in [5.74, 6) is 0.0446. The van der Waals surface area contributed by atoms with Crippen LogP contribution in [0.5, 0.6) is 0 Å². The van der Waals surface area contributed by atoms with Crippen LogP contribution < -0.4 is 10.2 Å². The van der Waals surface area contributed by atoms with Crippen molar-refractivity contribution in [3.05, 3.63) is 68.3 Å². The summed E-state index contributed by atoms with van der Waals surface area (Å²) in [5, 5.41) is 3.55. The molecule has 5 nitrogen and oxygen atoms in total. The molecule has 0 radical (unpaired) electrons. The van der Waals surface area contributed by atoms with Crippen LogP contribution in [-0.2, 0) is 11.3 Å². The highest BCUT2D eigenvalue weighted by molar-refractivity contribution is 6.42. The molecule has 174 valence electrons. The average Bonchev–Trinajstić information content (AvgIpc) is 2.99. The van der Waals surface area contributed by atoms with Crippen LogP contribution in [0.4, 0.5) is 10.5 Å². The van der Waals surface area contributed by atoms with Crippen LogP contribution in [0.15, 0.2) is 36.0 Å². The molecule has 7 heteroatoms. The number of anilines is 1. The first kappa shape index (κ1) is 23.7. The van der Waals surface area contributed by atoms with Crippen LogP contribution >= 0.6 is 23.2 Å². The zero-order valence-electron chi connectivity index (χ0n) is 19.6. The van der Waals surface area contributed by atoms with E-state index in [1.807, 2.05) is 6.92 Å². The van der Waals surface area contributed by atoms with Gasteiger partial charge in [0.2, 0.25) is 0 Å². The third kappa shape index (κ3) is 4.36. The number of urea groups is 1. The molecule has 1 fully saturated rings. The zero-order chi connectivity index (χ0) is 24.1. The molecule has 2 aromatic rings. The lowest BCUT2D eigenvalue weighted by Crippen LogP contribution is -2.48. The van der Waals surface area contributed by atoms with Crippen molar-refractivity contribution in [2.45, 2.75) is 59.0 Å². The van der Waals surface area contributed by atoms with Crippen molar-refractivity contribution in [3.63, 3.8) is 0 Å². The number of hydrogen-bond donors (Lipinski definition) is 1. The quantitative estimate of drug-likeness (QED) is 0.396. The third-order valence-electron chi connectivity index (χ3n) is 6.68. The number of amides is 3. The Balaban J connectivity index is 1.64. The van der Waals surface area contributed by atoms with Gasteiger partial charge in [-0.2, -0.15) is 0 Å². The van der Waals surface area contributed by atoms with Gasteiger partial charge in [0.15, 0.2) is 0 Å². The number of nitrogens with zero attached hydrogens (tertiary/aromatic N) is 2. The number of rotatable bonds is 4. The maximum atomic E-state index is 13.0. The van der Waals surface area contributed by atoms with E-state index in [0.717, 1.165) is 29.7 Å². The fourth-order valence-electron chi connectivity index (χ4n) is 5.10. The standard InChI is InChI=1S/C26H29Cl2N3O2/c1-6-31-23-9-15(2)18(11-19(23)16(3)13-26(31,4)5)12-22-24(32)30(25(33)29-22)14-17-7-8-20(27)21(28)10-17/h7-12,16H,6,13-14H2,1-5H3,(H,29,33)/b22-12+. The van der Waals surface area contributed by atoms with E-state index in [4.69, 9.17) is 23.2 Å². The fraction of sp³-hybridized carbons (Fsp3) is 0.385. The van der Waals surface area contributed by atoms with E-state index >= 15 is 0 Å². The van der Waals surface area contributed by atoms with Gasteiger partial charge >= 0.3 is 6.03 Å². The molecule has 1 atom stereocenters. The zero-order valence-corrected chi connectivity index (χ0v) is 21.1. The van der Waals surface area contributed by atoms with Gasteiger partial charge in [0.05, 0.1) is 16.6 Å². The number of halogens is 2. The van der Waals surface area contributed by atoms with E-state index < -0.39 is 6.03 Å². The number of nitrogens with one attached hydrogen (secondary N) is 1. The molecule has 0 saturated carbocycles. The predicted octanol–water partition coefficient (Wildman–Crippen LogP) is 6.51. The van der Waals surface area contributed by atoms with Crippen LogP contribution in [0.3, 0.4) is 0 Å². The highest BCUT2D eigenvalue weighted by Gasteiger charge is 2.37. The maximum Gasteiger partial charge on any atom is 0.329 e. The summed E-state index contributed by atoms with van der Waals surface area (Å²) < 4.78 is 0. The summed E-state index contributed by atoms with van der Waals surface area (Å²) in [6, 6.07) is 9.01. The number of imide groups is 1. The van der Waals surface area contributed by atoms with Crippen molar-refractivity contribution in [2.24, 2.45) is 0 Å². The summed E-state index contributed by atoms with van der Waals surface area (Å²) in [6.45, 7) is 12.1. The monoisotopic (exact) mass is 485 g/mol. The molecule has 1 unspecified atom stereocenters. The normalized spacial score (nSPS) is 20.9. The minimum atomic E-state index is -0.444. The van der Waals surface area contributed by atoms with Crippen LogP contribution in [0.25, 0.3) is 6.08 Å². The number of benzene rings is 2. The lowest BCUT2D eigenvalue weighted by Gasteiger charge is -2.47. The molecule has 2 aliphatic heterocycles. The summed E-state index contributed by atoms with van der Waals surface area (Å²) in [5.41, 5.74) is 5.64. The van der Waals surface area contributed by atoms with Crippen molar-refractivity contribution in [3.8, 4) is 0 Å². The molecule has 2 heterocycles. The van der Waals surface area contributed by atoms with E-state index in [1.165, 1.54) is 16.2 Å². The van der Waals surface area contributed by atoms with Gasteiger partial charge in [-0.3, -0.25) is 9.69 Å². The lowest BCUT2D eigenvalue weighted by molar-refractivity contribution is -0.123. The Hall–Kier alpha value is -2.50. The van der Waals surface area contributed by atoms with Crippen LogP contribution in [0, 0.1) is 6.92 Å². The van der Waals surface area contributed by atoms with Crippen LogP contribution in [-0.4, -0.2) is 28.9 Å². The minimum absolute atomic E-state index is 0.0913. The number of hydrogen-bond acceptors (Lipinski definition) is 3. The number of fused-ring (bicyclic) bond motifs is 1. The molecule has 0 aromatic heterocycles. The van der Waals surface area contributed by atoms with Gasteiger partial charge in [0.1, 0.15) is 5.70 Å². The van der Waals surface area contributed by atoms with Crippen molar-refractivity contribution in [1.29, 1.82) is 0 Å². The van der Waals surface area contributed by atoms with Gasteiger partial charge in [-0.05, 0) is 92.6 Å². The largest absolute Gasteiger partial charge is 0.366 e. The molecular weight excluding hydrogens is 457 g/mol. The summed E-state index contributed by atoms with van der Waals surface area (Å²) >= 11 is 12.1. The van der Waals surface area contributed by atoms with Gasteiger partial charge < -0.3 is 10.2 Å². The molecule has 0 aliphatic carbocycles. The Morgan fingerprint density at radius 2 is 1.88 bits per heavy atom. The molecule has 3 amide bonds. The second kappa shape index (κ2) is 8.69. The SMILES string of the molecule is CCN1c2cc(C)c(/C=C3/NC(=O)N(Cc4ccc(Cl)c(Cl)c4)C3=O)cc2C(C)CC1(C)C. The van der Waals surface area contributed by atoms with Gasteiger partial charge in [-0.1, -0.05) is 36.2 Å². The van der Waals surface area contributed by atoms with E-state index in [2.05, 4.69) is 50.0 Å². The summed E-state index contributed by atoms with van der Waals surface area (Å²) in [6.07, 6.45) is 2.84. The minimum Gasteiger partial charge on any atom is -0.366 e. The molecule has 1 N–H and O–H groups in total. The van der Waals surface area contributed by atoms with Crippen molar-refractivity contribution in [2.75, 3.05) is 11.4 Å². The second-order valence-corrected chi connectivity index (χ2v) is 10.4. The molecule has 4 rings (SSSR count). The Morgan fingerprint density at radius 3 is 2.55 bits per heavy atom. The van der Waals surface area contributed by atoms with Crippen molar-refractivity contribution in [1.82, 2.24) is 10.2 Å². The van der Waals surface area contributed by atoms with Crippen LogP contribution in [0.2, 0.25) is 10.0 Å². The van der Waals surface area contributed by atoms with E-state index in [9.17, 15) is 9.59 Å². The van der Waals surface area contributed by atoms with Gasteiger partial charge in [0.25, 0.3) is 5.91 Å². The Morgan fingerprint density at radius 1 is 1.15 bits per heavy atom. The number of carbonyl (C=O) groups excluding carboxylic acids is 2. The predicted molar refractivity (Wildman–Crippen MR) is 135 cm³/mol. The number of carbonyl (C=O) groups is 2.